The third-order valence-corrected chi connectivity index (χ3v) is 6.75. The summed E-state index contributed by atoms with van der Waals surface area (Å²) in [6.07, 6.45) is 0. The summed E-state index contributed by atoms with van der Waals surface area (Å²) in [6, 6.07) is 17.3. The van der Waals surface area contributed by atoms with E-state index in [0.717, 1.165) is 11.6 Å². The van der Waals surface area contributed by atoms with Gasteiger partial charge in [0.2, 0.25) is 0 Å². The topological polar surface area (TPSA) is 89.5 Å². The minimum atomic E-state index is -4.05. The molecule has 0 amide bonds. The van der Waals surface area contributed by atoms with E-state index in [2.05, 4.69) is 30.2 Å². The number of halogens is 1. The van der Waals surface area contributed by atoms with Gasteiger partial charge in [-0.3, -0.25) is 9.52 Å². The fraction of sp³-hybridized carbons (Fsp3) is 0.200. The second-order valence-corrected chi connectivity index (χ2v) is 10.6. The van der Waals surface area contributed by atoms with E-state index in [9.17, 15) is 18.0 Å². The second kappa shape index (κ2) is 9.37. The number of nitrogens with one attached hydrogen (secondary N) is 1. The molecule has 0 saturated carbocycles. The normalized spacial score (nSPS) is 11.7. The van der Waals surface area contributed by atoms with E-state index in [1.165, 1.54) is 31.4 Å². The van der Waals surface area contributed by atoms with E-state index in [0.29, 0.717) is 11.1 Å². The molecule has 6 nitrogen and oxygen atoms in total. The molecule has 3 rings (SSSR count). The van der Waals surface area contributed by atoms with Crippen LogP contribution in [0.15, 0.2) is 71.6 Å². The number of hydrogen-bond acceptors (Lipinski definition) is 5. The maximum absolute atomic E-state index is 12.9. The lowest BCUT2D eigenvalue weighted by molar-refractivity contribution is 0.0600. The summed E-state index contributed by atoms with van der Waals surface area (Å²) in [7, 11) is -2.87. The van der Waals surface area contributed by atoms with Gasteiger partial charge in [-0.2, -0.15) is 0 Å². The second-order valence-electron chi connectivity index (χ2n) is 8.48. The molecule has 0 heterocycles. The van der Waals surface area contributed by atoms with Crippen molar-refractivity contribution in [3.63, 3.8) is 0 Å². The number of methoxy groups -OCH3 is 1. The van der Waals surface area contributed by atoms with Gasteiger partial charge in [-0.05, 0) is 41.3 Å². The molecule has 3 aromatic carbocycles. The zero-order chi connectivity index (χ0) is 24.4. The lowest BCUT2D eigenvalue weighted by Gasteiger charge is -2.19. The molecule has 0 aliphatic carbocycles. The van der Waals surface area contributed by atoms with Crippen molar-refractivity contribution in [1.82, 2.24) is 0 Å². The molecule has 0 fully saturated rings. The van der Waals surface area contributed by atoms with Crippen LogP contribution in [0, 0.1) is 0 Å². The number of sulfonamides is 1. The molecule has 172 valence electrons. The van der Waals surface area contributed by atoms with Crippen molar-refractivity contribution in [2.75, 3.05) is 11.8 Å². The van der Waals surface area contributed by atoms with Crippen molar-refractivity contribution >= 4 is 39.1 Å². The molecule has 0 aliphatic rings. The van der Waals surface area contributed by atoms with Crippen LogP contribution in [0.4, 0.5) is 5.69 Å². The van der Waals surface area contributed by atoms with Crippen molar-refractivity contribution in [3.8, 4) is 0 Å². The third-order valence-electron chi connectivity index (χ3n) is 5.04. The van der Waals surface area contributed by atoms with Gasteiger partial charge in [0, 0.05) is 16.8 Å². The van der Waals surface area contributed by atoms with Crippen molar-refractivity contribution in [2.24, 2.45) is 0 Å². The van der Waals surface area contributed by atoms with Gasteiger partial charge in [0.25, 0.3) is 10.0 Å². The van der Waals surface area contributed by atoms with Gasteiger partial charge in [-0.25, -0.2) is 13.2 Å². The predicted molar refractivity (Wildman–Crippen MR) is 129 cm³/mol. The Hall–Kier alpha value is -3.16. The van der Waals surface area contributed by atoms with Crippen LogP contribution in [0.3, 0.4) is 0 Å². The van der Waals surface area contributed by atoms with E-state index < -0.39 is 16.0 Å². The highest BCUT2D eigenvalue weighted by Gasteiger charge is 2.20. The van der Waals surface area contributed by atoms with Crippen LogP contribution in [-0.4, -0.2) is 27.3 Å². The molecular formula is C25H24ClNO5S. The Labute approximate surface area is 198 Å². The molecule has 0 unspecified atom stereocenters. The Morgan fingerprint density at radius 2 is 1.58 bits per heavy atom. The third kappa shape index (κ3) is 5.61. The molecular weight excluding hydrogens is 462 g/mol. The summed E-state index contributed by atoms with van der Waals surface area (Å²) in [6.45, 7) is 6.27. The van der Waals surface area contributed by atoms with Gasteiger partial charge in [-0.1, -0.05) is 68.8 Å². The molecule has 0 atom stereocenters. The van der Waals surface area contributed by atoms with Crippen LogP contribution in [0.25, 0.3) is 0 Å². The summed E-state index contributed by atoms with van der Waals surface area (Å²) in [5, 5.41) is 0.0749. The maximum atomic E-state index is 12.9. The number of benzene rings is 3. The first-order chi connectivity index (χ1) is 15.4. The van der Waals surface area contributed by atoms with Crippen LogP contribution in [0.2, 0.25) is 5.02 Å². The fourth-order valence-corrected chi connectivity index (χ4v) is 4.43. The highest BCUT2D eigenvalue weighted by atomic mass is 35.5. The summed E-state index contributed by atoms with van der Waals surface area (Å²) in [5.74, 6) is -0.974. The maximum Gasteiger partial charge on any atom is 0.339 e. The van der Waals surface area contributed by atoms with Gasteiger partial charge >= 0.3 is 5.97 Å². The highest BCUT2D eigenvalue weighted by Crippen LogP contribution is 2.25. The van der Waals surface area contributed by atoms with Crippen molar-refractivity contribution < 1.29 is 22.7 Å². The predicted octanol–water partition coefficient (Wildman–Crippen LogP) is 5.46. The minimum Gasteiger partial charge on any atom is -0.465 e. The Morgan fingerprint density at radius 3 is 2.18 bits per heavy atom. The molecule has 0 aromatic heterocycles. The van der Waals surface area contributed by atoms with E-state index in [1.54, 1.807) is 24.3 Å². The SMILES string of the molecule is COC(=O)c1cc(S(=O)(=O)Nc2cccc(C(=O)c3ccc(C(C)(C)C)cc3)c2)ccc1Cl. The molecule has 0 saturated heterocycles. The number of carbonyl (C=O) groups is 2. The zero-order valence-corrected chi connectivity index (χ0v) is 20.3. The quantitative estimate of drug-likeness (QED) is 0.370. The molecule has 0 radical (unpaired) electrons. The monoisotopic (exact) mass is 485 g/mol. The summed E-state index contributed by atoms with van der Waals surface area (Å²) < 4.78 is 32.8. The first-order valence-electron chi connectivity index (χ1n) is 10.1. The minimum absolute atomic E-state index is 0.0326. The fourth-order valence-electron chi connectivity index (χ4n) is 3.16. The zero-order valence-electron chi connectivity index (χ0n) is 18.7. The van der Waals surface area contributed by atoms with E-state index >= 15 is 0 Å². The number of carbonyl (C=O) groups excluding carboxylic acids is 2. The van der Waals surface area contributed by atoms with Crippen molar-refractivity contribution in [3.05, 3.63) is 94.0 Å². The largest absolute Gasteiger partial charge is 0.465 e. The average molecular weight is 486 g/mol. The van der Waals surface area contributed by atoms with E-state index in [4.69, 9.17) is 11.6 Å². The van der Waals surface area contributed by atoms with Crippen LogP contribution < -0.4 is 4.72 Å². The van der Waals surface area contributed by atoms with Gasteiger partial charge in [0.15, 0.2) is 5.78 Å². The van der Waals surface area contributed by atoms with Crippen LogP contribution in [-0.2, 0) is 20.2 Å². The van der Waals surface area contributed by atoms with Crippen LogP contribution in [0.5, 0.6) is 0 Å². The Bertz CT molecular complexity index is 1310. The lowest BCUT2D eigenvalue weighted by atomic mass is 9.86. The molecule has 3 aromatic rings. The Balaban J connectivity index is 1.87. The van der Waals surface area contributed by atoms with Gasteiger partial charge in [0.05, 0.1) is 22.6 Å². The Kier molecular flexibility index (Phi) is 6.95. The van der Waals surface area contributed by atoms with Crippen molar-refractivity contribution in [2.45, 2.75) is 31.1 Å². The molecule has 0 aliphatic heterocycles. The van der Waals surface area contributed by atoms with E-state index in [1.807, 2.05) is 12.1 Å². The molecule has 1 N–H and O–H groups in total. The van der Waals surface area contributed by atoms with Gasteiger partial charge in [-0.15, -0.1) is 0 Å². The lowest BCUT2D eigenvalue weighted by Crippen LogP contribution is -2.15. The summed E-state index contributed by atoms with van der Waals surface area (Å²) in [4.78, 5) is 24.6. The average Bonchev–Trinajstić information content (AvgIpc) is 2.77. The van der Waals surface area contributed by atoms with Crippen molar-refractivity contribution in [1.29, 1.82) is 0 Å². The number of ketones is 1. The number of hydrogen-bond donors (Lipinski definition) is 1. The first-order valence-corrected chi connectivity index (χ1v) is 11.9. The van der Waals surface area contributed by atoms with Gasteiger partial charge < -0.3 is 4.74 Å². The molecule has 0 spiro atoms. The Morgan fingerprint density at radius 1 is 0.909 bits per heavy atom. The first kappa shape index (κ1) is 24.5. The smallest absolute Gasteiger partial charge is 0.339 e. The van der Waals surface area contributed by atoms with Crippen LogP contribution in [0.1, 0.15) is 52.6 Å². The number of ether oxygens (including phenoxy) is 1. The van der Waals surface area contributed by atoms with E-state index in [-0.39, 0.29) is 32.4 Å². The molecule has 0 bridgehead atoms. The highest BCUT2D eigenvalue weighted by molar-refractivity contribution is 7.92. The summed E-state index contributed by atoms with van der Waals surface area (Å²) in [5.41, 5.74) is 2.06. The summed E-state index contributed by atoms with van der Waals surface area (Å²) >= 11 is 5.97. The standard InChI is InChI=1S/C25H24ClNO5S/c1-25(2,3)18-10-8-16(9-11-18)23(28)17-6-5-7-19(14-17)27-33(30,31)20-12-13-22(26)21(15-20)24(29)32-4/h5-15,27H,1-4H3. The number of anilines is 1. The number of rotatable bonds is 6. The molecule has 8 heteroatoms. The molecule has 33 heavy (non-hydrogen) atoms. The van der Waals surface area contributed by atoms with Crippen LogP contribution >= 0.6 is 11.6 Å². The van der Waals surface area contributed by atoms with Gasteiger partial charge in [0.1, 0.15) is 0 Å². The number of esters is 1.